The van der Waals surface area contributed by atoms with E-state index in [1.54, 1.807) is 6.07 Å². The minimum atomic E-state index is -0.436. The van der Waals surface area contributed by atoms with Crippen LogP contribution in [0.1, 0.15) is 31.7 Å². The standard InChI is InChI=1S/C15H22N4O3/c1-3-4-5-14(20)17-6-8-18(9-7-17)15-12(2)10-13(11-16-15)19(21)22/h10-11H,3-9H2,1-2H3. The van der Waals surface area contributed by atoms with Gasteiger partial charge < -0.3 is 9.80 Å². The van der Waals surface area contributed by atoms with Crippen LogP contribution in [0.2, 0.25) is 0 Å². The van der Waals surface area contributed by atoms with E-state index in [0.29, 0.717) is 32.6 Å². The SMILES string of the molecule is CCCCC(=O)N1CCN(c2ncc([N+](=O)[O-])cc2C)CC1. The molecule has 0 N–H and O–H groups in total. The number of carbonyl (C=O) groups excluding carboxylic acids is 1. The Bertz CT molecular complexity index is 554. The van der Waals surface area contributed by atoms with Crippen molar-refractivity contribution in [2.45, 2.75) is 33.1 Å². The molecule has 1 fully saturated rings. The van der Waals surface area contributed by atoms with Crippen LogP contribution >= 0.6 is 0 Å². The topological polar surface area (TPSA) is 79.6 Å². The second-order valence-corrected chi connectivity index (χ2v) is 5.56. The van der Waals surface area contributed by atoms with E-state index in [9.17, 15) is 14.9 Å². The zero-order valence-corrected chi connectivity index (χ0v) is 13.1. The highest BCUT2D eigenvalue weighted by atomic mass is 16.6. The quantitative estimate of drug-likeness (QED) is 0.615. The van der Waals surface area contributed by atoms with Gasteiger partial charge in [0, 0.05) is 38.7 Å². The molecular formula is C15H22N4O3. The van der Waals surface area contributed by atoms with Gasteiger partial charge in [-0.05, 0) is 18.9 Å². The Labute approximate surface area is 130 Å². The molecule has 120 valence electrons. The smallest absolute Gasteiger partial charge is 0.287 e. The summed E-state index contributed by atoms with van der Waals surface area (Å²) < 4.78 is 0. The molecule has 0 unspecified atom stereocenters. The fourth-order valence-electron chi connectivity index (χ4n) is 2.64. The van der Waals surface area contributed by atoms with Crippen molar-refractivity contribution < 1.29 is 9.72 Å². The fraction of sp³-hybridized carbons (Fsp3) is 0.600. The number of carbonyl (C=O) groups is 1. The Morgan fingerprint density at radius 2 is 2.05 bits per heavy atom. The molecule has 1 aliphatic heterocycles. The highest BCUT2D eigenvalue weighted by Crippen LogP contribution is 2.22. The van der Waals surface area contributed by atoms with Crippen molar-refractivity contribution in [2.75, 3.05) is 31.1 Å². The van der Waals surface area contributed by atoms with Gasteiger partial charge in [-0.15, -0.1) is 0 Å². The lowest BCUT2D eigenvalue weighted by molar-refractivity contribution is -0.385. The molecular weight excluding hydrogens is 284 g/mol. The van der Waals surface area contributed by atoms with Gasteiger partial charge in [0.1, 0.15) is 12.0 Å². The lowest BCUT2D eigenvalue weighted by Crippen LogP contribution is -2.49. The summed E-state index contributed by atoms with van der Waals surface area (Å²) in [5.41, 5.74) is 0.801. The molecule has 0 aromatic carbocycles. The number of nitro groups is 1. The van der Waals surface area contributed by atoms with Gasteiger partial charge in [-0.25, -0.2) is 4.98 Å². The molecule has 0 spiro atoms. The normalized spacial score (nSPS) is 15.0. The van der Waals surface area contributed by atoms with Crippen LogP contribution in [-0.2, 0) is 4.79 Å². The number of unbranched alkanes of at least 4 members (excludes halogenated alkanes) is 1. The molecule has 1 saturated heterocycles. The van der Waals surface area contributed by atoms with Crippen molar-refractivity contribution in [1.82, 2.24) is 9.88 Å². The van der Waals surface area contributed by atoms with Crippen LogP contribution in [-0.4, -0.2) is 46.9 Å². The number of nitrogens with zero attached hydrogens (tertiary/aromatic N) is 4. The first-order valence-corrected chi connectivity index (χ1v) is 7.66. The van der Waals surface area contributed by atoms with Crippen molar-refractivity contribution in [1.29, 1.82) is 0 Å². The number of aryl methyl sites for hydroxylation is 1. The van der Waals surface area contributed by atoms with Gasteiger partial charge in [0.15, 0.2) is 0 Å². The lowest BCUT2D eigenvalue weighted by atomic mass is 10.2. The van der Waals surface area contributed by atoms with Gasteiger partial charge in [-0.1, -0.05) is 13.3 Å². The lowest BCUT2D eigenvalue weighted by Gasteiger charge is -2.36. The molecule has 7 nitrogen and oxygen atoms in total. The zero-order valence-electron chi connectivity index (χ0n) is 13.1. The van der Waals surface area contributed by atoms with Gasteiger partial charge in [-0.3, -0.25) is 14.9 Å². The molecule has 0 atom stereocenters. The molecule has 0 saturated carbocycles. The Morgan fingerprint density at radius 3 is 2.59 bits per heavy atom. The van der Waals surface area contributed by atoms with E-state index in [0.717, 1.165) is 24.2 Å². The molecule has 2 heterocycles. The van der Waals surface area contributed by atoms with E-state index >= 15 is 0 Å². The second kappa shape index (κ2) is 7.20. The Kier molecular flexibility index (Phi) is 5.30. The van der Waals surface area contributed by atoms with E-state index in [2.05, 4.69) is 16.8 Å². The number of rotatable bonds is 5. The summed E-state index contributed by atoms with van der Waals surface area (Å²) in [6.45, 7) is 6.69. The minimum absolute atomic E-state index is 0.00892. The molecule has 1 aliphatic rings. The number of hydrogen-bond acceptors (Lipinski definition) is 5. The highest BCUT2D eigenvalue weighted by Gasteiger charge is 2.23. The zero-order chi connectivity index (χ0) is 16.1. The minimum Gasteiger partial charge on any atom is -0.353 e. The summed E-state index contributed by atoms with van der Waals surface area (Å²) in [6, 6.07) is 1.54. The molecule has 7 heteroatoms. The van der Waals surface area contributed by atoms with Gasteiger partial charge in [0.25, 0.3) is 5.69 Å². The maximum atomic E-state index is 12.0. The van der Waals surface area contributed by atoms with E-state index < -0.39 is 4.92 Å². The molecule has 1 aromatic heterocycles. The molecule has 0 aliphatic carbocycles. The summed E-state index contributed by atoms with van der Waals surface area (Å²) in [6.07, 6.45) is 3.87. The average molecular weight is 306 g/mol. The third-order valence-electron chi connectivity index (χ3n) is 3.92. The van der Waals surface area contributed by atoms with E-state index in [1.165, 1.54) is 6.20 Å². The van der Waals surface area contributed by atoms with Crippen LogP contribution in [0.3, 0.4) is 0 Å². The van der Waals surface area contributed by atoms with E-state index in [1.807, 2.05) is 11.8 Å². The maximum absolute atomic E-state index is 12.0. The number of aromatic nitrogens is 1. The molecule has 1 amide bonds. The summed E-state index contributed by atoms with van der Waals surface area (Å²) >= 11 is 0. The Hall–Kier alpha value is -2.18. The molecule has 1 aromatic rings. The number of amides is 1. The van der Waals surface area contributed by atoms with Crippen LogP contribution in [0, 0.1) is 17.0 Å². The van der Waals surface area contributed by atoms with Gasteiger partial charge >= 0.3 is 0 Å². The largest absolute Gasteiger partial charge is 0.353 e. The van der Waals surface area contributed by atoms with Crippen LogP contribution in [0.15, 0.2) is 12.3 Å². The summed E-state index contributed by atoms with van der Waals surface area (Å²) in [5, 5.41) is 10.8. The number of hydrogen-bond donors (Lipinski definition) is 0. The first-order valence-electron chi connectivity index (χ1n) is 7.66. The summed E-state index contributed by atoms with van der Waals surface area (Å²) in [5.74, 6) is 0.987. The molecule has 22 heavy (non-hydrogen) atoms. The van der Waals surface area contributed by atoms with Crippen LogP contribution in [0.25, 0.3) is 0 Å². The summed E-state index contributed by atoms with van der Waals surface area (Å²) in [4.78, 5) is 30.5. The Balaban J connectivity index is 1.97. The van der Waals surface area contributed by atoms with Crippen molar-refractivity contribution >= 4 is 17.4 Å². The first kappa shape index (κ1) is 16.2. The van der Waals surface area contributed by atoms with Crippen molar-refractivity contribution in [3.8, 4) is 0 Å². The van der Waals surface area contributed by atoms with Crippen LogP contribution in [0.5, 0.6) is 0 Å². The highest BCUT2D eigenvalue weighted by molar-refractivity contribution is 5.76. The third kappa shape index (κ3) is 3.72. The fourth-order valence-corrected chi connectivity index (χ4v) is 2.64. The monoisotopic (exact) mass is 306 g/mol. The molecule has 0 radical (unpaired) electrons. The van der Waals surface area contributed by atoms with E-state index in [4.69, 9.17) is 0 Å². The molecule has 0 bridgehead atoms. The first-order chi connectivity index (χ1) is 10.5. The second-order valence-electron chi connectivity index (χ2n) is 5.56. The van der Waals surface area contributed by atoms with Crippen molar-refractivity contribution in [3.05, 3.63) is 27.9 Å². The maximum Gasteiger partial charge on any atom is 0.287 e. The predicted molar refractivity (Wildman–Crippen MR) is 83.9 cm³/mol. The van der Waals surface area contributed by atoms with Gasteiger partial charge in [0.05, 0.1) is 4.92 Å². The summed E-state index contributed by atoms with van der Waals surface area (Å²) in [7, 11) is 0. The van der Waals surface area contributed by atoms with E-state index in [-0.39, 0.29) is 11.6 Å². The Morgan fingerprint density at radius 1 is 1.36 bits per heavy atom. The number of anilines is 1. The van der Waals surface area contributed by atoms with Gasteiger partial charge in [-0.2, -0.15) is 0 Å². The number of pyridine rings is 1. The third-order valence-corrected chi connectivity index (χ3v) is 3.92. The predicted octanol–water partition coefficient (Wildman–Crippen LogP) is 2.14. The van der Waals surface area contributed by atoms with Crippen molar-refractivity contribution in [3.63, 3.8) is 0 Å². The number of piperazine rings is 1. The van der Waals surface area contributed by atoms with Crippen LogP contribution in [0.4, 0.5) is 11.5 Å². The molecule has 2 rings (SSSR count). The van der Waals surface area contributed by atoms with Crippen LogP contribution < -0.4 is 4.90 Å². The van der Waals surface area contributed by atoms with Gasteiger partial charge in [0.2, 0.25) is 5.91 Å². The van der Waals surface area contributed by atoms with Crippen molar-refractivity contribution in [2.24, 2.45) is 0 Å². The average Bonchev–Trinajstić information content (AvgIpc) is 2.52.